The molecule has 0 saturated carbocycles. The van der Waals surface area contributed by atoms with Crippen LogP contribution >= 0.6 is 0 Å². The Morgan fingerprint density at radius 3 is 2.49 bits per heavy atom. The number of nitrogens with zero attached hydrogens (tertiary/aromatic N) is 3. The lowest BCUT2D eigenvalue weighted by Gasteiger charge is -2.41. The molecule has 2 aliphatic heterocycles. The third-order valence-electron chi connectivity index (χ3n) is 5.53. The molecule has 2 fully saturated rings. The highest BCUT2D eigenvalue weighted by Gasteiger charge is 2.48. The number of alkyl halides is 3. The molecule has 35 heavy (non-hydrogen) atoms. The minimum atomic E-state index is -4.66. The number of halogens is 3. The maximum atomic E-state index is 13.7. The average molecular weight is 499 g/mol. The molecule has 3 rings (SSSR count). The lowest BCUT2D eigenvalue weighted by atomic mass is 9.94. The van der Waals surface area contributed by atoms with E-state index in [0.717, 1.165) is 9.80 Å². The number of pyridine rings is 1. The van der Waals surface area contributed by atoms with Crippen LogP contribution in [0.15, 0.2) is 18.3 Å². The second-order valence-electron chi connectivity index (χ2n) is 9.48. The number of anilines is 1. The lowest BCUT2D eigenvalue weighted by molar-refractivity contribution is -0.195. The number of hydrogen-bond acceptors (Lipinski definition) is 7. The Bertz CT molecular complexity index is 977. The predicted octanol–water partition coefficient (Wildman–Crippen LogP) is 2.02. The Hall–Kier alpha value is -3.22. The summed E-state index contributed by atoms with van der Waals surface area (Å²) in [5.41, 5.74) is -0.172. The summed E-state index contributed by atoms with van der Waals surface area (Å²) in [5, 5.41) is 4.74. The summed E-state index contributed by atoms with van der Waals surface area (Å²) in [4.78, 5) is 54.1. The van der Waals surface area contributed by atoms with Crippen LogP contribution < -0.4 is 10.6 Å². The summed E-state index contributed by atoms with van der Waals surface area (Å²) in [6, 6.07) is 0.988. The standard InChI is InChI=1S/C22H28F3N5O5/c1-21(2,3)35-20(34)30-9-8-29(16(11-30)22(23,24)25)12-18(32)27-13-4-6-15(26-10-13)14-5-7-17(31)28-19(14)33/h4,6,10,14,16H,5,7-9,11-12H2,1-3H3,(H,27,32)(H,28,31,33)/t14?,16-/m1/s1. The van der Waals surface area contributed by atoms with E-state index in [1.807, 2.05) is 0 Å². The SMILES string of the molecule is CC(C)(C)OC(=O)N1CCN(CC(=O)Nc2ccc(C3CCC(=O)NC3=O)nc2)[C@@H](C(F)(F)F)C1. The zero-order valence-corrected chi connectivity index (χ0v) is 19.6. The van der Waals surface area contributed by atoms with Crippen LogP contribution in [0.2, 0.25) is 0 Å². The molecule has 2 saturated heterocycles. The Morgan fingerprint density at radius 1 is 1.20 bits per heavy atom. The molecule has 2 N–H and O–H groups in total. The van der Waals surface area contributed by atoms with Crippen molar-refractivity contribution in [3.8, 4) is 0 Å². The quantitative estimate of drug-likeness (QED) is 0.608. The molecule has 2 atom stereocenters. The molecular weight excluding hydrogens is 471 g/mol. The predicted molar refractivity (Wildman–Crippen MR) is 117 cm³/mol. The normalized spacial score (nSPS) is 21.9. The fourth-order valence-electron chi connectivity index (χ4n) is 3.86. The van der Waals surface area contributed by atoms with Crippen molar-refractivity contribution in [3.63, 3.8) is 0 Å². The Balaban J connectivity index is 1.60. The number of nitrogens with one attached hydrogen (secondary N) is 2. The van der Waals surface area contributed by atoms with Crippen LogP contribution in [0.4, 0.5) is 23.7 Å². The number of carbonyl (C=O) groups is 4. The van der Waals surface area contributed by atoms with E-state index in [2.05, 4.69) is 15.6 Å². The number of carbonyl (C=O) groups excluding carboxylic acids is 4. The molecule has 3 heterocycles. The molecular formula is C22H28F3N5O5. The molecule has 0 aromatic carbocycles. The fourth-order valence-corrected chi connectivity index (χ4v) is 3.86. The first-order chi connectivity index (χ1) is 16.2. The third-order valence-corrected chi connectivity index (χ3v) is 5.53. The van der Waals surface area contributed by atoms with Gasteiger partial charge in [-0.15, -0.1) is 0 Å². The summed E-state index contributed by atoms with van der Waals surface area (Å²) < 4.78 is 46.3. The van der Waals surface area contributed by atoms with Crippen molar-refractivity contribution in [3.05, 3.63) is 24.0 Å². The average Bonchev–Trinajstić information content (AvgIpc) is 2.73. The second kappa shape index (κ2) is 10.2. The van der Waals surface area contributed by atoms with Crippen LogP contribution in [-0.2, 0) is 19.1 Å². The molecule has 0 bridgehead atoms. The fraction of sp³-hybridized carbons (Fsp3) is 0.591. The van der Waals surface area contributed by atoms with Crippen molar-refractivity contribution in [1.82, 2.24) is 20.1 Å². The van der Waals surface area contributed by atoms with Crippen molar-refractivity contribution >= 4 is 29.5 Å². The van der Waals surface area contributed by atoms with Gasteiger partial charge < -0.3 is 15.0 Å². The molecule has 0 spiro atoms. The number of piperidine rings is 1. The largest absolute Gasteiger partial charge is 0.444 e. The van der Waals surface area contributed by atoms with Crippen molar-refractivity contribution in [2.24, 2.45) is 0 Å². The van der Waals surface area contributed by atoms with Gasteiger partial charge in [0.2, 0.25) is 17.7 Å². The molecule has 1 unspecified atom stereocenters. The molecule has 1 aromatic heterocycles. The lowest BCUT2D eigenvalue weighted by Crippen LogP contribution is -2.61. The Morgan fingerprint density at radius 2 is 1.91 bits per heavy atom. The second-order valence-corrected chi connectivity index (χ2v) is 9.48. The first-order valence-corrected chi connectivity index (χ1v) is 11.1. The molecule has 192 valence electrons. The van der Waals surface area contributed by atoms with Crippen LogP contribution in [-0.4, -0.2) is 82.6 Å². The molecule has 13 heteroatoms. The van der Waals surface area contributed by atoms with Gasteiger partial charge in [0.15, 0.2) is 0 Å². The number of amides is 4. The van der Waals surface area contributed by atoms with E-state index >= 15 is 0 Å². The highest BCUT2D eigenvalue weighted by molar-refractivity contribution is 6.00. The zero-order valence-electron chi connectivity index (χ0n) is 19.6. The summed E-state index contributed by atoms with van der Waals surface area (Å²) in [6.07, 6.45) is -3.68. The van der Waals surface area contributed by atoms with Crippen LogP contribution in [0.5, 0.6) is 0 Å². The van der Waals surface area contributed by atoms with Crippen LogP contribution in [0, 0.1) is 0 Å². The van der Waals surface area contributed by atoms with E-state index < -0.39 is 54.7 Å². The van der Waals surface area contributed by atoms with E-state index in [0.29, 0.717) is 12.1 Å². The summed E-state index contributed by atoms with van der Waals surface area (Å²) in [5.74, 6) is -2.07. The maximum Gasteiger partial charge on any atom is 0.410 e. The van der Waals surface area contributed by atoms with Gasteiger partial charge in [-0.2, -0.15) is 13.2 Å². The molecule has 10 nitrogen and oxygen atoms in total. The van der Waals surface area contributed by atoms with Gasteiger partial charge in [0.25, 0.3) is 0 Å². The first-order valence-electron chi connectivity index (χ1n) is 11.1. The van der Waals surface area contributed by atoms with Gasteiger partial charge in [0, 0.05) is 26.1 Å². The molecule has 4 amide bonds. The van der Waals surface area contributed by atoms with Crippen molar-refractivity contribution in [1.29, 1.82) is 0 Å². The topological polar surface area (TPSA) is 121 Å². The van der Waals surface area contributed by atoms with E-state index in [9.17, 15) is 32.3 Å². The highest BCUT2D eigenvalue weighted by Crippen LogP contribution is 2.29. The highest BCUT2D eigenvalue weighted by atomic mass is 19.4. The molecule has 0 aliphatic carbocycles. The summed E-state index contributed by atoms with van der Waals surface area (Å²) in [7, 11) is 0. The van der Waals surface area contributed by atoms with E-state index in [1.54, 1.807) is 20.8 Å². The Kier molecular flexibility index (Phi) is 7.68. The number of aromatic nitrogens is 1. The van der Waals surface area contributed by atoms with Crippen LogP contribution in [0.3, 0.4) is 0 Å². The molecule has 1 aromatic rings. The van der Waals surface area contributed by atoms with Crippen LogP contribution in [0.1, 0.15) is 45.2 Å². The van der Waals surface area contributed by atoms with Gasteiger partial charge in [-0.05, 0) is 39.3 Å². The minimum absolute atomic E-state index is 0.0169. The van der Waals surface area contributed by atoms with E-state index in [4.69, 9.17) is 4.74 Å². The Labute approximate surface area is 200 Å². The number of ether oxygens (including phenoxy) is 1. The van der Waals surface area contributed by atoms with Crippen molar-refractivity contribution < 1.29 is 37.1 Å². The first kappa shape index (κ1) is 26.4. The smallest absolute Gasteiger partial charge is 0.410 e. The minimum Gasteiger partial charge on any atom is -0.444 e. The van der Waals surface area contributed by atoms with Gasteiger partial charge in [-0.25, -0.2) is 4.79 Å². The van der Waals surface area contributed by atoms with Crippen molar-refractivity contribution in [2.45, 2.75) is 57.3 Å². The van der Waals surface area contributed by atoms with Gasteiger partial charge in [-0.1, -0.05) is 0 Å². The number of rotatable bonds is 4. The zero-order chi connectivity index (χ0) is 26.0. The monoisotopic (exact) mass is 499 g/mol. The van der Waals surface area contributed by atoms with E-state index in [1.165, 1.54) is 18.3 Å². The number of hydrogen-bond donors (Lipinski definition) is 2. The molecule has 2 aliphatic rings. The van der Waals surface area contributed by atoms with Crippen LogP contribution in [0.25, 0.3) is 0 Å². The van der Waals surface area contributed by atoms with Gasteiger partial charge in [0.05, 0.1) is 30.0 Å². The van der Waals surface area contributed by atoms with Gasteiger partial charge >= 0.3 is 12.3 Å². The molecule has 0 radical (unpaired) electrons. The summed E-state index contributed by atoms with van der Waals surface area (Å²) >= 11 is 0. The van der Waals surface area contributed by atoms with Crippen molar-refractivity contribution in [2.75, 3.05) is 31.5 Å². The maximum absolute atomic E-state index is 13.7. The van der Waals surface area contributed by atoms with Gasteiger partial charge in [-0.3, -0.25) is 29.6 Å². The number of imide groups is 1. The summed E-state index contributed by atoms with van der Waals surface area (Å²) in [6.45, 7) is 3.51. The third kappa shape index (κ3) is 7.13. The van der Waals surface area contributed by atoms with E-state index in [-0.39, 0.29) is 31.1 Å². The van der Waals surface area contributed by atoms with Gasteiger partial charge in [0.1, 0.15) is 11.6 Å². The number of piperazine rings is 1.